The van der Waals surface area contributed by atoms with Gasteiger partial charge in [0.2, 0.25) is 0 Å². The lowest BCUT2D eigenvalue weighted by Crippen LogP contribution is -2.38. The fourth-order valence-electron chi connectivity index (χ4n) is 3.50. The van der Waals surface area contributed by atoms with Crippen molar-refractivity contribution in [2.24, 2.45) is 0 Å². The highest BCUT2D eigenvalue weighted by atomic mass is 16.2. The van der Waals surface area contributed by atoms with E-state index < -0.39 is 0 Å². The van der Waals surface area contributed by atoms with Gasteiger partial charge in [0, 0.05) is 12.7 Å². The number of nitrogens with one attached hydrogen (secondary N) is 1. The summed E-state index contributed by atoms with van der Waals surface area (Å²) in [5.74, 6) is -0.0533. The molecule has 2 rings (SSSR count). The Kier molecular flexibility index (Phi) is 7.85. The molecular weight excluding hydrogens is 324 g/mol. The Bertz CT molecular complexity index is 660. The molecule has 5 nitrogen and oxygen atoms in total. The molecule has 0 saturated carbocycles. The number of aromatic nitrogens is 2. The van der Waals surface area contributed by atoms with E-state index in [1.807, 2.05) is 16.8 Å². The first-order chi connectivity index (χ1) is 12.7. The molecule has 1 amide bonds. The molecule has 1 N–H and O–H groups in total. The van der Waals surface area contributed by atoms with Gasteiger partial charge in [0.05, 0.1) is 12.1 Å². The summed E-state index contributed by atoms with van der Waals surface area (Å²) in [4.78, 5) is 15.2. The van der Waals surface area contributed by atoms with Crippen LogP contribution >= 0.6 is 0 Å². The minimum absolute atomic E-state index is 0.0533. The van der Waals surface area contributed by atoms with Crippen molar-refractivity contribution < 1.29 is 4.79 Å². The zero-order valence-electron chi connectivity index (χ0n) is 16.5. The van der Waals surface area contributed by atoms with Gasteiger partial charge < -0.3 is 5.32 Å². The van der Waals surface area contributed by atoms with Crippen LogP contribution in [0.5, 0.6) is 0 Å². The van der Waals surface area contributed by atoms with Gasteiger partial charge in [-0.05, 0) is 37.6 Å². The monoisotopic (exact) mass is 356 g/mol. The molecule has 0 aliphatic heterocycles. The van der Waals surface area contributed by atoms with E-state index in [1.54, 1.807) is 6.20 Å². The largest absolute Gasteiger partial charge is 0.349 e. The molecule has 0 radical (unpaired) electrons. The Morgan fingerprint density at radius 2 is 1.73 bits per heavy atom. The highest BCUT2D eigenvalue weighted by Crippen LogP contribution is 2.20. The maximum atomic E-state index is 12.8. The van der Waals surface area contributed by atoms with E-state index in [-0.39, 0.29) is 18.0 Å². The van der Waals surface area contributed by atoms with Crippen molar-refractivity contribution in [3.63, 3.8) is 0 Å². The molecular formula is C21H32N4O. The maximum Gasteiger partial charge on any atom is 0.269 e. The van der Waals surface area contributed by atoms with E-state index in [0.717, 1.165) is 25.9 Å². The summed E-state index contributed by atoms with van der Waals surface area (Å²) in [6.45, 7) is 11.0. The summed E-state index contributed by atoms with van der Waals surface area (Å²) in [6, 6.07) is 12.6. The Labute approximate surface area is 157 Å². The van der Waals surface area contributed by atoms with Crippen LogP contribution in [0.3, 0.4) is 0 Å². The van der Waals surface area contributed by atoms with Crippen LogP contribution in [0.2, 0.25) is 0 Å². The van der Waals surface area contributed by atoms with E-state index >= 15 is 0 Å². The molecule has 0 unspecified atom stereocenters. The van der Waals surface area contributed by atoms with Crippen molar-refractivity contribution >= 4 is 5.91 Å². The average Bonchev–Trinajstić information content (AvgIpc) is 3.16. The standard InChI is InChI=1S/C21H32N4O/c1-5-18(6-2)25-19(14-15-23-25)21(26)22-16-20(24(7-3)8-4)17-12-10-9-11-13-17/h9-15,18,20H,5-8,16H2,1-4H3,(H,22,26)/t20-/m1/s1. The van der Waals surface area contributed by atoms with Crippen molar-refractivity contribution in [2.75, 3.05) is 19.6 Å². The molecule has 1 heterocycles. The van der Waals surface area contributed by atoms with Gasteiger partial charge >= 0.3 is 0 Å². The second-order valence-electron chi connectivity index (χ2n) is 6.49. The first-order valence-corrected chi connectivity index (χ1v) is 9.76. The number of carbonyl (C=O) groups is 1. The number of carbonyl (C=O) groups excluding carboxylic acids is 1. The molecule has 5 heteroatoms. The Hall–Kier alpha value is -2.14. The van der Waals surface area contributed by atoms with Gasteiger partial charge in [0.15, 0.2) is 0 Å². The zero-order valence-corrected chi connectivity index (χ0v) is 16.5. The molecule has 0 aliphatic carbocycles. The highest BCUT2D eigenvalue weighted by Gasteiger charge is 2.21. The van der Waals surface area contributed by atoms with Gasteiger partial charge in [0.1, 0.15) is 5.69 Å². The fourth-order valence-corrected chi connectivity index (χ4v) is 3.50. The molecule has 1 aromatic heterocycles. The molecule has 0 spiro atoms. The highest BCUT2D eigenvalue weighted by molar-refractivity contribution is 5.92. The van der Waals surface area contributed by atoms with Crippen LogP contribution in [-0.2, 0) is 0 Å². The molecule has 2 aromatic rings. The summed E-state index contributed by atoms with van der Waals surface area (Å²) in [5.41, 5.74) is 1.87. The Morgan fingerprint density at radius 3 is 2.31 bits per heavy atom. The quantitative estimate of drug-likeness (QED) is 0.698. The first kappa shape index (κ1) is 20.2. The summed E-state index contributed by atoms with van der Waals surface area (Å²) >= 11 is 0. The third kappa shape index (κ3) is 4.73. The molecule has 0 bridgehead atoms. The van der Waals surface area contributed by atoms with E-state index in [9.17, 15) is 4.79 Å². The number of benzene rings is 1. The van der Waals surface area contributed by atoms with Crippen molar-refractivity contribution in [1.29, 1.82) is 0 Å². The predicted octanol–water partition coefficient (Wildman–Crippen LogP) is 4.06. The molecule has 1 atom stereocenters. The number of likely N-dealkylation sites (N-methyl/N-ethyl adjacent to an activating group) is 1. The number of hydrogen-bond donors (Lipinski definition) is 1. The number of rotatable bonds is 10. The van der Waals surface area contributed by atoms with Crippen LogP contribution in [0, 0.1) is 0 Å². The Morgan fingerprint density at radius 1 is 1.08 bits per heavy atom. The molecule has 0 fully saturated rings. The third-order valence-corrected chi connectivity index (χ3v) is 5.08. The maximum absolute atomic E-state index is 12.8. The second kappa shape index (κ2) is 10.1. The average molecular weight is 357 g/mol. The van der Waals surface area contributed by atoms with Crippen LogP contribution < -0.4 is 5.32 Å². The lowest BCUT2D eigenvalue weighted by atomic mass is 10.0. The SMILES string of the molecule is CCC(CC)n1nccc1C(=O)NC[C@H](c1ccccc1)N(CC)CC. The normalized spacial score (nSPS) is 12.5. The van der Waals surface area contributed by atoms with Crippen LogP contribution in [-0.4, -0.2) is 40.2 Å². The Balaban J connectivity index is 2.14. The summed E-state index contributed by atoms with van der Waals surface area (Å²) in [7, 11) is 0. The van der Waals surface area contributed by atoms with Crippen LogP contribution in [0.25, 0.3) is 0 Å². The van der Waals surface area contributed by atoms with E-state index in [4.69, 9.17) is 0 Å². The van der Waals surface area contributed by atoms with Crippen molar-refractivity contribution in [3.8, 4) is 0 Å². The molecule has 1 aromatic carbocycles. The molecule has 142 valence electrons. The van der Waals surface area contributed by atoms with Gasteiger partial charge in [-0.25, -0.2) is 0 Å². The number of nitrogens with zero attached hydrogens (tertiary/aromatic N) is 3. The second-order valence-corrected chi connectivity index (χ2v) is 6.49. The molecule has 0 saturated heterocycles. The smallest absolute Gasteiger partial charge is 0.269 e. The topological polar surface area (TPSA) is 50.2 Å². The minimum Gasteiger partial charge on any atom is -0.349 e. The van der Waals surface area contributed by atoms with Crippen molar-refractivity contribution in [1.82, 2.24) is 20.0 Å². The van der Waals surface area contributed by atoms with Gasteiger partial charge in [0.25, 0.3) is 5.91 Å². The third-order valence-electron chi connectivity index (χ3n) is 5.08. The van der Waals surface area contributed by atoms with Crippen LogP contribution in [0.4, 0.5) is 0 Å². The summed E-state index contributed by atoms with van der Waals surface area (Å²) < 4.78 is 1.87. The molecule has 26 heavy (non-hydrogen) atoms. The van der Waals surface area contributed by atoms with Crippen LogP contribution in [0.1, 0.15) is 68.7 Å². The van der Waals surface area contributed by atoms with Gasteiger partial charge in [-0.15, -0.1) is 0 Å². The minimum atomic E-state index is -0.0533. The van der Waals surface area contributed by atoms with E-state index in [0.29, 0.717) is 12.2 Å². The van der Waals surface area contributed by atoms with Crippen LogP contribution in [0.15, 0.2) is 42.6 Å². The van der Waals surface area contributed by atoms with Crippen molar-refractivity contribution in [3.05, 3.63) is 53.9 Å². The van der Waals surface area contributed by atoms with Gasteiger partial charge in [-0.2, -0.15) is 5.10 Å². The zero-order chi connectivity index (χ0) is 18.9. The molecule has 0 aliphatic rings. The van der Waals surface area contributed by atoms with E-state index in [1.165, 1.54) is 5.56 Å². The van der Waals surface area contributed by atoms with Crippen molar-refractivity contribution in [2.45, 2.75) is 52.6 Å². The lowest BCUT2D eigenvalue weighted by Gasteiger charge is -2.30. The predicted molar refractivity (Wildman–Crippen MR) is 106 cm³/mol. The number of hydrogen-bond acceptors (Lipinski definition) is 3. The van der Waals surface area contributed by atoms with E-state index in [2.05, 4.69) is 67.3 Å². The fraction of sp³-hybridized carbons (Fsp3) is 0.524. The summed E-state index contributed by atoms with van der Waals surface area (Å²) in [6.07, 6.45) is 3.64. The lowest BCUT2D eigenvalue weighted by molar-refractivity contribution is 0.0921. The number of amides is 1. The van der Waals surface area contributed by atoms with Gasteiger partial charge in [-0.3, -0.25) is 14.4 Å². The van der Waals surface area contributed by atoms with Gasteiger partial charge in [-0.1, -0.05) is 58.0 Å². The summed E-state index contributed by atoms with van der Waals surface area (Å²) in [5, 5.41) is 7.51. The first-order valence-electron chi connectivity index (χ1n) is 9.76.